The van der Waals surface area contributed by atoms with Crippen molar-refractivity contribution < 1.29 is 9.47 Å². The maximum absolute atomic E-state index is 5.82. The van der Waals surface area contributed by atoms with Gasteiger partial charge in [0.15, 0.2) is 5.96 Å². The normalized spacial score (nSPS) is 12.5. The number of halogens is 1. The van der Waals surface area contributed by atoms with Gasteiger partial charge in [-0.25, -0.2) is 4.99 Å². The third kappa shape index (κ3) is 6.42. The molecular formula is C14H24IN3O2. The van der Waals surface area contributed by atoms with Gasteiger partial charge in [-0.1, -0.05) is 12.1 Å². The quantitative estimate of drug-likeness (QED) is 0.441. The highest BCUT2D eigenvalue weighted by molar-refractivity contribution is 14.0. The van der Waals surface area contributed by atoms with E-state index in [9.17, 15) is 0 Å². The van der Waals surface area contributed by atoms with Crippen molar-refractivity contribution in [3.05, 3.63) is 29.3 Å². The average Bonchev–Trinajstić information content (AvgIpc) is 2.37. The summed E-state index contributed by atoms with van der Waals surface area (Å²) < 4.78 is 10.4. The molecule has 1 unspecified atom stereocenters. The Kier molecular flexibility index (Phi) is 9.32. The van der Waals surface area contributed by atoms with Crippen LogP contribution in [0.2, 0.25) is 0 Å². The Balaban J connectivity index is 0.00000361. The lowest BCUT2D eigenvalue weighted by Crippen LogP contribution is -2.40. The zero-order chi connectivity index (χ0) is 14.3. The molecule has 1 aromatic rings. The Morgan fingerprint density at radius 1 is 1.40 bits per heavy atom. The van der Waals surface area contributed by atoms with Gasteiger partial charge in [-0.2, -0.15) is 0 Å². The van der Waals surface area contributed by atoms with Gasteiger partial charge in [0.25, 0.3) is 0 Å². The van der Waals surface area contributed by atoms with Crippen LogP contribution in [0.5, 0.6) is 5.75 Å². The summed E-state index contributed by atoms with van der Waals surface area (Å²) in [4.78, 5) is 4.30. The highest BCUT2D eigenvalue weighted by Gasteiger charge is 2.04. The number of methoxy groups -OCH3 is 2. The van der Waals surface area contributed by atoms with Crippen LogP contribution in [0, 0.1) is 6.92 Å². The first-order valence-corrected chi connectivity index (χ1v) is 6.25. The Bertz CT molecular complexity index is 438. The van der Waals surface area contributed by atoms with Gasteiger partial charge in [0.2, 0.25) is 0 Å². The summed E-state index contributed by atoms with van der Waals surface area (Å²) in [5.74, 6) is 1.24. The second kappa shape index (κ2) is 9.82. The number of nitrogens with zero attached hydrogens (tertiary/aromatic N) is 1. The van der Waals surface area contributed by atoms with E-state index in [1.807, 2.05) is 32.0 Å². The fraction of sp³-hybridized carbons (Fsp3) is 0.500. The van der Waals surface area contributed by atoms with E-state index in [0.29, 0.717) is 19.1 Å². The molecule has 0 aliphatic carbocycles. The van der Waals surface area contributed by atoms with Gasteiger partial charge in [0.1, 0.15) is 5.75 Å². The maximum atomic E-state index is 5.82. The summed E-state index contributed by atoms with van der Waals surface area (Å²) in [5, 5.41) is 3.06. The van der Waals surface area contributed by atoms with E-state index in [1.54, 1.807) is 14.2 Å². The Labute approximate surface area is 138 Å². The van der Waals surface area contributed by atoms with Gasteiger partial charge in [0, 0.05) is 18.7 Å². The summed E-state index contributed by atoms with van der Waals surface area (Å²) in [7, 11) is 3.31. The molecule has 0 spiro atoms. The molecule has 0 radical (unpaired) electrons. The standard InChI is InChI=1S/C14H23N3O2.HI/c1-10-5-6-12(13(7-10)19-4)8-16-14(15)17-11(2)9-18-3;/h5-7,11H,8-9H2,1-4H3,(H3,15,16,17);1H. The first kappa shape index (κ1) is 19.0. The van der Waals surface area contributed by atoms with Gasteiger partial charge >= 0.3 is 0 Å². The molecular weight excluding hydrogens is 369 g/mol. The highest BCUT2D eigenvalue weighted by Crippen LogP contribution is 2.20. The van der Waals surface area contributed by atoms with Crippen molar-refractivity contribution in [1.29, 1.82) is 0 Å². The molecule has 3 N–H and O–H groups in total. The molecule has 0 saturated carbocycles. The number of benzene rings is 1. The second-order valence-electron chi connectivity index (χ2n) is 4.52. The van der Waals surface area contributed by atoms with Crippen molar-refractivity contribution >= 4 is 29.9 Å². The molecule has 1 aromatic carbocycles. The summed E-state index contributed by atoms with van der Waals surface area (Å²) in [6.07, 6.45) is 0. The lowest BCUT2D eigenvalue weighted by molar-refractivity contribution is 0.179. The minimum atomic E-state index is 0. The molecule has 1 rings (SSSR count). The molecule has 20 heavy (non-hydrogen) atoms. The van der Waals surface area contributed by atoms with E-state index in [1.165, 1.54) is 0 Å². The van der Waals surface area contributed by atoms with Crippen LogP contribution in [0.3, 0.4) is 0 Å². The third-order valence-corrected chi connectivity index (χ3v) is 2.67. The minimum Gasteiger partial charge on any atom is -0.496 e. The molecule has 0 amide bonds. The summed E-state index contributed by atoms with van der Waals surface area (Å²) in [6, 6.07) is 6.16. The zero-order valence-corrected chi connectivity index (χ0v) is 14.8. The number of nitrogens with two attached hydrogens (primary N) is 1. The number of hydrogen-bond donors (Lipinski definition) is 2. The van der Waals surface area contributed by atoms with Crippen molar-refractivity contribution in [2.75, 3.05) is 20.8 Å². The molecule has 0 bridgehead atoms. The SMILES string of the molecule is COCC(C)NC(N)=NCc1ccc(C)cc1OC.I. The van der Waals surface area contributed by atoms with Crippen LogP contribution < -0.4 is 15.8 Å². The number of aliphatic imine (C=N–C) groups is 1. The second-order valence-corrected chi connectivity index (χ2v) is 4.52. The Morgan fingerprint density at radius 3 is 2.70 bits per heavy atom. The van der Waals surface area contributed by atoms with Gasteiger partial charge in [-0.05, 0) is 25.5 Å². The van der Waals surface area contributed by atoms with Crippen LogP contribution in [0.1, 0.15) is 18.1 Å². The summed E-state index contributed by atoms with van der Waals surface area (Å²) in [5.41, 5.74) is 7.98. The first-order chi connectivity index (χ1) is 9.06. The minimum absolute atomic E-state index is 0. The molecule has 0 saturated heterocycles. The fourth-order valence-corrected chi connectivity index (χ4v) is 1.74. The molecule has 0 aliphatic heterocycles. The predicted octanol–water partition coefficient (Wildman–Crippen LogP) is 2.06. The van der Waals surface area contributed by atoms with Gasteiger partial charge in [0.05, 0.1) is 20.3 Å². The largest absolute Gasteiger partial charge is 0.496 e. The molecule has 0 aliphatic rings. The van der Waals surface area contributed by atoms with E-state index in [2.05, 4.69) is 10.3 Å². The van der Waals surface area contributed by atoms with Crippen LogP contribution >= 0.6 is 24.0 Å². The van der Waals surface area contributed by atoms with Gasteiger partial charge in [-0.15, -0.1) is 24.0 Å². The number of aryl methyl sites for hydroxylation is 1. The van der Waals surface area contributed by atoms with Crippen molar-refractivity contribution in [3.63, 3.8) is 0 Å². The van der Waals surface area contributed by atoms with Crippen molar-refractivity contribution in [1.82, 2.24) is 5.32 Å². The van der Waals surface area contributed by atoms with E-state index in [0.717, 1.165) is 16.9 Å². The van der Waals surface area contributed by atoms with E-state index in [4.69, 9.17) is 15.2 Å². The van der Waals surface area contributed by atoms with Crippen molar-refractivity contribution in [2.45, 2.75) is 26.4 Å². The third-order valence-electron chi connectivity index (χ3n) is 2.67. The van der Waals surface area contributed by atoms with Crippen LogP contribution in [0.15, 0.2) is 23.2 Å². The van der Waals surface area contributed by atoms with Crippen LogP contribution in [-0.4, -0.2) is 32.8 Å². The monoisotopic (exact) mass is 393 g/mol. The summed E-state index contributed by atoms with van der Waals surface area (Å²) >= 11 is 0. The Hall–Kier alpha value is -1.02. The molecule has 6 heteroatoms. The van der Waals surface area contributed by atoms with E-state index < -0.39 is 0 Å². The predicted molar refractivity (Wildman–Crippen MR) is 92.9 cm³/mol. The summed E-state index contributed by atoms with van der Waals surface area (Å²) in [6.45, 7) is 5.09. The van der Waals surface area contributed by atoms with E-state index >= 15 is 0 Å². The first-order valence-electron chi connectivity index (χ1n) is 6.25. The van der Waals surface area contributed by atoms with Crippen LogP contribution in [0.4, 0.5) is 0 Å². The molecule has 0 heterocycles. The molecule has 1 atom stereocenters. The van der Waals surface area contributed by atoms with Gasteiger partial charge < -0.3 is 20.5 Å². The highest BCUT2D eigenvalue weighted by atomic mass is 127. The average molecular weight is 393 g/mol. The van der Waals surface area contributed by atoms with Crippen molar-refractivity contribution in [3.8, 4) is 5.75 Å². The number of hydrogen-bond acceptors (Lipinski definition) is 3. The van der Waals surface area contributed by atoms with Crippen LogP contribution in [0.25, 0.3) is 0 Å². The number of ether oxygens (including phenoxy) is 2. The molecule has 0 aromatic heterocycles. The smallest absolute Gasteiger partial charge is 0.189 e. The lowest BCUT2D eigenvalue weighted by Gasteiger charge is -2.13. The number of nitrogens with one attached hydrogen (secondary N) is 1. The maximum Gasteiger partial charge on any atom is 0.189 e. The molecule has 5 nitrogen and oxygen atoms in total. The zero-order valence-electron chi connectivity index (χ0n) is 12.5. The molecule has 0 fully saturated rings. The van der Waals surface area contributed by atoms with E-state index in [-0.39, 0.29) is 30.0 Å². The molecule has 114 valence electrons. The van der Waals surface area contributed by atoms with Crippen LogP contribution in [-0.2, 0) is 11.3 Å². The number of guanidine groups is 1. The number of rotatable bonds is 6. The fourth-order valence-electron chi connectivity index (χ4n) is 1.74. The Morgan fingerprint density at radius 2 is 2.10 bits per heavy atom. The van der Waals surface area contributed by atoms with Crippen molar-refractivity contribution in [2.24, 2.45) is 10.7 Å². The lowest BCUT2D eigenvalue weighted by atomic mass is 10.1. The van der Waals surface area contributed by atoms with Gasteiger partial charge in [-0.3, -0.25) is 0 Å². The topological polar surface area (TPSA) is 68.9 Å².